The van der Waals surface area contributed by atoms with Crippen molar-refractivity contribution >= 4 is 16.9 Å². The van der Waals surface area contributed by atoms with Gasteiger partial charge in [-0.2, -0.15) is 0 Å². The molecule has 174 valence electrons. The molecule has 7 heteroatoms. The lowest BCUT2D eigenvalue weighted by molar-refractivity contribution is 0.0694. The first-order valence-electron chi connectivity index (χ1n) is 10.7. The second kappa shape index (κ2) is 10.0. The van der Waals surface area contributed by atoms with Crippen molar-refractivity contribution in [2.24, 2.45) is 5.92 Å². The number of halogens is 1. The Balaban J connectivity index is 2.29. The van der Waals surface area contributed by atoms with Crippen molar-refractivity contribution in [3.8, 4) is 5.75 Å². The maximum atomic E-state index is 14.6. The lowest BCUT2D eigenvalue weighted by Crippen LogP contribution is -2.22. The summed E-state index contributed by atoms with van der Waals surface area (Å²) in [6.07, 6.45) is 5.10. The Hall–Kier alpha value is -3.45. The number of benzene rings is 2. The van der Waals surface area contributed by atoms with E-state index in [0.717, 1.165) is 0 Å². The van der Waals surface area contributed by atoms with Gasteiger partial charge in [0.1, 0.15) is 17.1 Å². The molecule has 2 N–H and O–H groups in total. The topological polar surface area (TPSA) is 88.8 Å². The summed E-state index contributed by atoms with van der Waals surface area (Å²) in [6, 6.07) is 7.70. The summed E-state index contributed by atoms with van der Waals surface area (Å²) in [5.74, 6) is -1.05. The van der Waals surface area contributed by atoms with Crippen LogP contribution in [0.3, 0.4) is 0 Å². The third-order valence-corrected chi connectivity index (χ3v) is 5.58. The zero-order valence-electron chi connectivity index (χ0n) is 19.1. The Labute approximate surface area is 191 Å². The molecule has 6 nitrogen and oxygen atoms in total. The average molecular weight is 454 g/mol. The zero-order chi connectivity index (χ0) is 24.3. The number of fused-ring (bicyclic) bond motifs is 1. The first-order chi connectivity index (χ1) is 15.7. The fourth-order valence-corrected chi connectivity index (χ4v) is 3.82. The first kappa shape index (κ1) is 24.2. The average Bonchev–Trinajstić information content (AvgIpc) is 2.77. The first-order valence-corrected chi connectivity index (χ1v) is 10.7. The number of aliphatic hydroxyl groups excluding tert-OH is 1. The fourth-order valence-electron chi connectivity index (χ4n) is 3.82. The minimum atomic E-state index is -1.36. The quantitative estimate of drug-likeness (QED) is 0.491. The molecular weight excluding hydrogens is 425 g/mol. The predicted molar refractivity (Wildman–Crippen MR) is 126 cm³/mol. The second-order valence-corrected chi connectivity index (χ2v) is 8.37. The van der Waals surface area contributed by atoms with Crippen LogP contribution >= 0.6 is 0 Å². The highest BCUT2D eigenvalue weighted by molar-refractivity contribution is 5.93. The van der Waals surface area contributed by atoms with E-state index in [1.54, 1.807) is 47.9 Å². The van der Waals surface area contributed by atoms with Gasteiger partial charge in [0.05, 0.1) is 25.3 Å². The summed E-state index contributed by atoms with van der Waals surface area (Å²) in [5, 5.41) is 19.8. The molecule has 33 heavy (non-hydrogen) atoms. The molecule has 0 saturated carbocycles. The van der Waals surface area contributed by atoms with Crippen molar-refractivity contribution in [3.63, 3.8) is 0 Å². The van der Waals surface area contributed by atoms with Crippen LogP contribution in [0.15, 0.2) is 53.5 Å². The number of nitrogens with zero attached hydrogens (tertiary/aromatic N) is 1. The number of aryl methyl sites for hydroxylation is 1. The lowest BCUT2D eigenvalue weighted by atomic mass is 9.98. The van der Waals surface area contributed by atoms with Crippen molar-refractivity contribution in [2.45, 2.75) is 33.2 Å². The van der Waals surface area contributed by atoms with Crippen molar-refractivity contribution < 1.29 is 24.1 Å². The highest BCUT2D eigenvalue weighted by atomic mass is 19.1. The number of methoxy groups -OCH3 is 1. The SMILES string of the molecule is COc1cc2c(cc1Cc1cccc(C)c1F)c(=O)c(C(=O)O)cn2C(/C=C/C(C)C)CO. The molecule has 0 aliphatic rings. The van der Waals surface area contributed by atoms with Crippen LogP contribution in [-0.2, 0) is 6.42 Å². The number of pyridine rings is 1. The molecule has 3 aromatic rings. The van der Waals surface area contributed by atoms with E-state index in [0.29, 0.717) is 28.0 Å². The second-order valence-electron chi connectivity index (χ2n) is 8.37. The molecule has 0 spiro atoms. The molecule has 0 saturated heterocycles. The van der Waals surface area contributed by atoms with Crippen LogP contribution in [0, 0.1) is 18.7 Å². The molecular formula is C26H28FNO5. The van der Waals surface area contributed by atoms with E-state index in [9.17, 15) is 24.2 Å². The number of rotatable bonds is 8. The number of carboxylic acid groups (broad SMARTS) is 1. The molecule has 1 aromatic heterocycles. The van der Waals surface area contributed by atoms with E-state index < -0.39 is 23.0 Å². The van der Waals surface area contributed by atoms with Gasteiger partial charge in [-0.3, -0.25) is 4.79 Å². The zero-order valence-corrected chi connectivity index (χ0v) is 19.1. The minimum absolute atomic E-state index is 0.162. The van der Waals surface area contributed by atoms with Gasteiger partial charge in [0, 0.05) is 24.1 Å². The van der Waals surface area contributed by atoms with E-state index in [4.69, 9.17) is 4.74 Å². The van der Waals surface area contributed by atoms with Crippen LogP contribution in [0.4, 0.5) is 4.39 Å². The van der Waals surface area contributed by atoms with Gasteiger partial charge in [-0.1, -0.05) is 44.2 Å². The third kappa shape index (κ3) is 4.98. The molecule has 0 aliphatic heterocycles. The normalized spacial score (nSPS) is 12.6. The number of ether oxygens (including phenoxy) is 1. The number of hydrogen-bond acceptors (Lipinski definition) is 4. The Kier molecular flexibility index (Phi) is 7.33. The summed E-state index contributed by atoms with van der Waals surface area (Å²) in [4.78, 5) is 24.8. The van der Waals surface area contributed by atoms with Crippen LogP contribution in [0.1, 0.15) is 46.9 Å². The predicted octanol–water partition coefficient (Wildman–Crippen LogP) is 4.49. The maximum absolute atomic E-state index is 14.6. The molecule has 0 radical (unpaired) electrons. The summed E-state index contributed by atoms with van der Waals surface area (Å²) in [5.41, 5.74) is 0.867. The summed E-state index contributed by atoms with van der Waals surface area (Å²) >= 11 is 0. The van der Waals surface area contributed by atoms with Gasteiger partial charge in [0.25, 0.3) is 0 Å². The molecule has 0 amide bonds. The Morgan fingerprint density at radius 3 is 2.55 bits per heavy atom. The van der Waals surface area contributed by atoms with E-state index in [2.05, 4.69) is 0 Å². The van der Waals surface area contributed by atoms with Gasteiger partial charge in [0.15, 0.2) is 0 Å². The monoisotopic (exact) mass is 453 g/mol. The molecule has 2 aromatic carbocycles. The number of carbonyl (C=O) groups is 1. The molecule has 3 rings (SSSR count). The van der Waals surface area contributed by atoms with Gasteiger partial charge >= 0.3 is 5.97 Å². The number of aliphatic hydroxyl groups is 1. The summed E-state index contributed by atoms with van der Waals surface area (Å²) in [7, 11) is 1.48. The van der Waals surface area contributed by atoms with Crippen molar-refractivity contribution in [3.05, 3.63) is 87.0 Å². The van der Waals surface area contributed by atoms with E-state index in [-0.39, 0.29) is 30.1 Å². The number of hydrogen-bond donors (Lipinski definition) is 2. The molecule has 0 fully saturated rings. The molecule has 0 bridgehead atoms. The smallest absolute Gasteiger partial charge is 0.341 e. The van der Waals surface area contributed by atoms with Crippen LogP contribution in [0.5, 0.6) is 5.75 Å². The number of aromatic nitrogens is 1. The number of aromatic carboxylic acids is 1. The van der Waals surface area contributed by atoms with Gasteiger partial charge in [-0.05, 0) is 35.6 Å². The van der Waals surface area contributed by atoms with Crippen molar-refractivity contribution in [1.82, 2.24) is 4.57 Å². The van der Waals surface area contributed by atoms with Gasteiger partial charge < -0.3 is 19.5 Å². The lowest BCUT2D eigenvalue weighted by Gasteiger charge is -2.21. The molecule has 1 atom stereocenters. The molecule has 1 heterocycles. The van der Waals surface area contributed by atoms with Crippen LogP contribution < -0.4 is 10.2 Å². The van der Waals surface area contributed by atoms with Crippen LogP contribution in [-0.4, -0.2) is 34.5 Å². The number of carboxylic acids is 1. The molecule has 1 unspecified atom stereocenters. The van der Waals surface area contributed by atoms with Gasteiger partial charge in [-0.15, -0.1) is 0 Å². The van der Waals surface area contributed by atoms with Crippen molar-refractivity contribution in [2.75, 3.05) is 13.7 Å². The highest BCUT2D eigenvalue weighted by Crippen LogP contribution is 2.30. The van der Waals surface area contributed by atoms with Crippen LogP contribution in [0.25, 0.3) is 10.9 Å². The summed E-state index contributed by atoms with van der Waals surface area (Å²) < 4.78 is 21.7. The largest absolute Gasteiger partial charge is 0.496 e. The highest BCUT2D eigenvalue weighted by Gasteiger charge is 2.20. The standard InChI is InChI=1S/C26H28FNO5/c1-15(2)8-9-19(14-29)28-13-21(26(31)32)25(30)20-11-18(23(33-4)12-22(20)28)10-17-7-5-6-16(3)24(17)27/h5-9,11-13,15,19,29H,10,14H2,1-4H3,(H,31,32)/b9-8+. The Bertz CT molecular complexity index is 1280. The van der Waals surface area contributed by atoms with Crippen molar-refractivity contribution in [1.29, 1.82) is 0 Å². The van der Waals surface area contributed by atoms with Crippen LogP contribution in [0.2, 0.25) is 0 Å². The van der Waals surface area contributed by atoms with E-state index in [1.807, 2.05) is 19.9 Å². The van der Waals surface area contributed by atoms with Gasteiger partial charge in [0.2, 0.25) is 5.43 Å². The third-order valence-electron chi connectivity index (χ3n) is 5.58. The Morgan fingerprint density at radius 1 is 1.21 bits per heavy atom. The maximum Gasteiger partial charge on any atom is 0.341 e. The number of allylic oxidation sites excluding steroid dienone is 1. The van der Waals surface area contributed by atoms with Gasteiger partial charge in [-0.25, -0.2) is 9.18 Å². The fraction of sp³-hybridized carbons (Fsp3) is 0.308. The minimum Gasteiger partial charge on any atom is -0.496 e. The summed E-state index contributed by atoms with van der Waals surface area (Å²) in [6.45, 7) is 5.35. The van der Waals surface area contributed by atoms with E-state index >= 15 is 0 Å². The Morgan fingerprint density at radius 2 is 1.94 bits per heavy atom. The van der Waals surface area contributed by atoms with E-state index in [1.165, 1.54) is 13.3 Å². The molecule has 0 aliphatic carbocycles.